The van der Waals surface area contributed by atoms with Crippen LogP contribution in [0.3, 0.4) is 0 Å². The van der Waals surface area contributed by atoms with E-state index in [0.29, 0.717) is 43.7 Å². The normalized spacial score (nSPS) is 12.0. The fraction of sp³-hybridized carbons (Fsp3) is 0.143. The summed E-state index contributed by atoms with van der Waals surface area (Å²) in [6.07, 6.45) is 0. The molecule has 0 amide bonds. The van der Waals surface area contributed by atoms with E-state index in [1.165, 1.54) is 6.07 Å². The molecule has 5 aromatic rings. The van der Waals surface area contributed by atoms with Crippen LogP contribution in [0.1, 0.15) is 19.9 Å². The number of phenols is 1. The molecule has 0 aliphatic rings. The molecule has 7 nitrogen and oxygen atoms in total. The molecule has 8 heteroatoms. The number of nitrogens with one attached hydrogen (secondary N) is 2. The summed E-state index contributed by atoms with van der Waals surface area (Å²) in [5.41, 5.74) is 1.83. The molecule has 3 N–H and O–H groups in total. The SMILES string of the molecule is CC(C)n1[nH]c(=O)c2c(-c3ccccc3Cl)c3oc4c(O)c(=O)ccc4c3[nH]c21. The molecule has 5 rings (SSSR count). The third-order valence-electron chi connectivity index (χ3n) is 5.10. The molecule has 0 aliphatic heterocycles. The summed E-state index contributed by atoms with van der Waals surface area (Å²) in [7, 11) is 0. The van der Waals surface area contributed by atoms with Gasteiger partial charge < -0.3 is 14.5 Å². The lowest BCUT2D eigenvalue weighted by Crippen LogP contribution is -2.07. The van der Waals surface area contributed by atoms with Crippen molar-refractivity contribution in [3.05, 3.63) is 62.0 Å². The number of rotatable bonds is 2. The van der Waals surface area contributed by atoms with Gasteiger partial charge in [0.2, 0.25) is 11.2 Å². The second-order valence-electron chi connectivity index (χ2n) is 7.20. The highest BCUT2D eigenvalue weighted by molar-refractivity contribution is 6.34. The molecule has 0 aliphatic carbocycles. The van der Waals surface area contributed by atoms with E-state index < -0.39 is 11.2 Å². The molecule has 0 saturated carbocycles. The Morgan fingerprint density at radius 2 is 1.86 bits per heavy atom. The van der Waals surface area contributed by atoms with E-state index in [2.05, 4.69) is 10.1 Å². The van der Waals surface area contributed by atoms with Gasteiger partial charge in [-0.1, -0.05) is 29.8 Å². The zero-order valence-electron chi connectivity index (χ0n) is 15.5. The minimum absolute atomic E-state index is 0.0205. The Hall–Kier alpha value is -3.45. The van der Waals surface area contributed by atoms with Gasteiger partial charge in [-0.3, -0.25) is 19.4 Å². The average molecular weight is 410 g/mol. The number of aromatic hydroxyl groups is 1. The van der Waals surface area contributed by atoms with Gasteiger partial charge in [0.1, 0.15) is 5.65 Å². The molecule has 0 bridgehead atoms. The number of H-pyrrole nitrogens is 2. The smallest absolute Gasteiger partial charge is 0.274 e. The quantitative estimate of drug-likeness (QED) is 0.398. The van der Waals surface area contributed by atoms with Crippen molar-refractivity contribution < 1.29 is 9.52 Å². The molecule has 3 heterocycles. The van der Waals surface area contributed by atoms with Crippen molar-refractivity contribution in [1.29, 1.82) is 0 Å². The van der Waals surface area contributed by atoms with Crippen LogP contribution in [-0.2, 0) is 0 Å². The van der Waals surface area contributed by atoms with E-state index in [-0.39, 0.29) is 17.2 Å². The van der Waals surface area contributed by atoms with E-state index in [1.54, 1.807) is 28.9 Å². The predicted octanol–water partition coefficient (Wildman–Crippen LogP) is 4.52. The van der Waals surface area contributed by atoms with Crippen LogP contribution in [0.25, 0.3) is 44.2 Å². The summed E-state index contributed by atoms with van der Waals surface area (Å²) >= 11 is 6.47. The Labute approximate surface area is 168 Å². The Morgan fingerprint density at radius 3 is 2.59 bits per heavy atom. The fourth-order valence-electron chi connectivity index (χ4n) is 3.77. The standard InChI is InChI=1S/C21H16ClN3O4/c1-9(2)25-20-15(21(28)24-25)14(10-5-3-4-6-12(10)22)19-16(23-20)11-7-8-13(26)17(27)18(11)29-19/h3-9,23,27H,1-2H3,(H,24,28). The number of nitrogens with zero attached hydrogens (tertiary/aromatic N) is 1. The summed E-state index contributed by atoms with van der Waals surface area (Å²) in [6, 6.07) is 10.0. The number of hydrogen-bond acceptors (Lipinski definition) is 4. The van der Waals surface area contributed by atoms with Crippen LogP contribution >= 0.6 is 11.6 Å². The van der Waals surface area contributed by atoms with Gasteiger partial charge in [-0.2, -0.15) is 0 Å². The first-order chi connectivity index (χ1) is 13.9. The van der Waals surface area contributed by atoms with Crippen LogP contribution in [0.2, 0.25) is 5.02 Å². The number of benzene rings is 2. The maximum absolute atomic E-state index is 12.9. The highest BCUT2D eigenvalue weighted by Crippen LogP contribution is 2.42. The molecule has 0 atom stereocenters. The van der Waals surface area contributed by atoms with Crippen molar-refractivity contribution in [2.75, 3.05) is 0 Å². The number of aromatic amines is 2. The molecular weight excluding hydrogens is 394 g/mol. The Balaban J connectivity index is 2.11. The first-order valence-electron chi connectivity index (χ1n) is 9.08. The molecule has 3 aromatic heterocycles. The topological polar surface area (TPSA) is 104 Å². The summed E-state index contributed by atoms with van der Waals surface area (Å²) in [5, 5.41) is 14.5. The lowest BCUT2D eigenvalue weighted by molar-refractivity contribution is 0.464. The zero-order chi connectivity index (χ0) is 20.4. The number of pyridine rings is 1. The summed E-state index contributed by atoms with van der Waals surface area (Å²) in [4.78, 5) is 28.1. The van der Waals surface area contributed by atoms with Crippen LogP contribution < -0.4 is 11.0 Å². The summed E-state index contributed by atoms with van der Waals surface area (Å²) < 4.78 is 7.67. The van der Waals surface area contributed by atoms with Crippen LogP contribution in [0, 0.1) is 0 Å². The average Bonchev–Trinajstić information content (AvgIpc) is 3.22. The number of phenolic OH excluding ortho intramolecular Hbond substituents is 1. The number of hydrogen-bond donors (Lipinski definition) is 3. The van der Waals surface area contributed by atoms with Crippen molar-refractivity contribution in [3.63, 3.8) is 0 Å². The largest absolute Gasteiger partial charge is 0.502 e. The van der Waals surface area contributed by atoms with Crippen LogP contribution in [0.15, 0.2) is 50.4 Å². The van der Waals surface area contributed by atoms with Crippen LogP contribution in [0.5, 0.6) is 5.75 Å². The zero-order valence-corrected chi connectivity index (χ0v) is 16.3. The number of halogens is 1. The molecular formula is C21H16ClN3O4. The first kappa shape index (κ1) is 17.6. The molecule has 2 aromatic carbocycles. The molecule has 29 heavy (non-hydrogen) atoms. The number of furan rings is 1. The van der Waals surface area contributed by atoms with Crippen molar-refractivity contribution in [2.45, 2.75) is 19.9 Å². The second kappa shape index (κ2) is 6.02. The third-order valence-corrected chi connectivity index (χ3v) is 5.43. The van der Waals surface area contributed by atoms with Crippen LogP contribution in [-0.4, -0.2) is 19.9 Å². The monoisotopic (exact) mass is 409 g/mol. The molecule has 0 saturated heterocycles. The summed E-state index contributed by atoms with van der Waals surface area (Å²) in [6.45, 7) is 3.90. The van der Waals surface area contributed by atoms with E-state index in [1.807, 2.05) is 19.9 Å². The highest BCUT2D eigenvalue weighted by atomic mass is 35.5. The Kier molecular flexibility index (Phi) is 3.66. The van der Waals surface area contributed by atoms with Gasteiger partial charge in [0, 0.05) is 27.6 Å². The first-order valence-corrected chi connectivity index (χ1v) is 9.46. The minimum Gasteiger partial charge on any atom is -0.502 e. The van der Waals surface area contributed by atoms with Crippen molar-refractivity contribution >= 4 is 44.7 Å². The van der Waals surface area contributed by atoms with E-state index in [4.69, 9.17) is 16.0 Å². The van der Waals surface area contributed by atoms with E-state index in [0.717, 1.165) is 0 Å². The molecule has 0 unspecified atom stereocenters. The summed E-state index contributed by atoms with van der Waals surface area (Å²) in [5.74, 6) is -0.470. The molecule has 146 valence electrons. The van der Waals surface area contributed by atoms with E-state index >= 15 is 0 Å². The molecule has 0 fully saturated rings. The third kappa shape index (κ3) is 2.37. The number of aromatic nitrogens is 3. The van der Waals surface area contributed by atoms with Gasteiger partial charge >= 0.3 is 0 Å². The Morgan fingerprint density at radius 1 is 1.10 bits per heavy atom. The van der Waals surface area contributed by atoms with Gasteiger partial charge in [0.05, 0.1) is 10.9 Å². The highest BCUT2D eigenvalue weighted by Gasteiger charge is 2.24. The fourth-order valence-corrected chi connectivity index (χ4v) is 4.00. The van der Waals surface area contributed by atoms with Gasteiger partial charge in [0.15, 0.2) is 11.2 Å². The van der Waals surface area contributed by atoms with Crippen molar-refractivity contribution in [2.24, 2.45) is 0 Å². The van der Waals surface area contributed by atoms with Gasteiger partial charge in [-0.05, 0) is 32.0 Å². The lowest BCUT2D eigenvalue weighted by atomic mass is 10.0. The minimum atomic E-state index is -0.537. The number of fused-ring (bicyclic) bond motifs is 4. The predicted molar refractivity (Wildman–Crippen MR) is 113 cm³/mol. The van der Waals surface area contributed by atoms with Gasteiger partial charge in [0.25, 0.3) is 5.56 Å². The lowest BCUT2D eigenvalue weighted by Gasteiger charge is -2.11. The van der Waals surface area contributed by atoms with E-state index in [9.17, 15) is 14.7 Å². The molecule has 0 radical (unpaired) electrons. The Bertz CT molecular complexity index is 1550. The maximum Gasteiger partial charge on any atom is 0.274 e. The maximum atomic E-state index is 12.9. The van der Waals surface area contributed by atoms with Crippen LogP contribution in [0.4, 0.5) is 0 Å². The van der Waals surface area contributed by atoms with Gasteiger partial charge in [-0.25, -0.2) is 0 Å². The van der Waals surface area contributed by atoms with Crippen molar-refractivity contribution in [3.8, 4) is 16.9 Å². The van der Waals surface area contributed by atoms with Gasteiger partial charge in [-0.15, -0.1) is 0 Å². The molecule has 0 spiro atoms. The second-order valence-corrected chi connectivity index (χ2v) is 7.61. The van der Waals surface area contributed by atoms with Crippen molar-refractivity contribution in [1.82, 2.24) is 14.8 Å².